The van der Waals surface area contributed by atoms with Crippen molar-refractivity contribution in [2.24, 2.45) is 0 Å². The lowest BCUT2D eigenvalue weighted by atomic mass is 9.82. The highest BCUT2D eigenvalue weighted by Gasteiger charge is 2.34. The van der Waals surface area contributed by atoms with E-state index in [1.54, 1.807) is 24.3 Å². The molecule has 36 heavy (non-hydrogen) atoms. The molecule has 1 aliphatic carbocycles. The molecule has 0 aliphatic heterocycles. The zero-order valence-electron chi connectivity index (χ0n) is 21.2. The summed E-state index contributed by atoms with van der Waals surface area (Å²) in [5, 5.41) is 6.95. The van der Waals surface area contributed by atoms with Gasteiger partial charge in [-0.25, -0.2) is 0 Å². The standard InChI is InChI=1S/C32H30N2O2/c1-5-21-11-9-15-25(19(21)3)33-27-17-18-28(34-26-16-10-12-22(6-2)20(26)4)30-29(27)31(35)23-13-7-8-14-24(23)32(30)36/h7-18,33-34H,5-6H2,1-4H3. The normalized spacial score (nSPS) is 12.2. The molecule has 0 aromatic heterocycles. The fourth-order valence-corrected chi connectivity index (χ4v) is 5.13. The van der Waals surface area contributed by atoms with Gasteiger partial charge < -0.3 is 10.6 Å². The third-order valence-electron chi connectivity index (χ3n) is 7.27. The Balaban J connectivity index is 1.68. The Morgan fingerprint density at radius 2 is 0.944 bits per heavy atom. The van der Waals surface area contributed by atoms with Crippen LogP contribution in [-0.4, -0.2) is 11.6 Å². The minimum absolute atomic E-state index is 0.144. The second-order valence-electron chi connectivity index (χ2n) is 9.25. The van der Waals surface area contributed by atoms with Crippen LogP contribution in [0.3, 0.4) is 0 Å². The average molecular weight is 475 g/mol. The number of rotatable bonds is 6. The Hall–Kier alpha value is -4.18. The number of fused-ring (bicyclic) bond motifs is 2. The van der Waals surface area contributed by atoms with Gasteiger partial charge in [0.25, 0.3) is 0 Å². The number of nitrogens with one attached hydrogen (secondary N) is 2. The molecule has 0 amide bonds. The molecular formula is C32H30N2O2. The maximum atomic E-state index is 13.8. The smallest absolute Gasteiger partial charge is 0.196 e. The summed E-state index contributed by atoms with van der Waals surface area (Å²) in [5.74, 6) is -0.288. The first-order valence-corrected chi connectivity index (χ1v) is 12.5. The van der Waals surface area contributed by atoms with Crippen molar-refractivity contribution < 1.29 is 9.59 Å². The van der Waals surface area contributed by atoms with Gasteiger partial charge in [0.15, 0.2) is 11.6 Å². The predicted molar refractivity (Wildman–Crippen MR) is 147 cm³/mol. The molecular weight excluding hydrogens is 444 g/mol. The van der Waals surface area contributed by atoms with E-state index in [9.17, 15) is 9.59 Å². The van der Waals surface area contributed by atoms with Crippen molar-refractivity contribution in [2.75, 3.05) is 10.6 Å². The number of benzene rings is 4. The highest BCUT2D eigenvalue weighted by Crippen LogP contribution is 2.39. The van der Waals surface area contributed by atoms with Gasteiger partial charge in [0.05, 0.1) is 22.5 Å². The van der Waals surface area contributed by atoms with Crippen LogP contribution in [0.1, 0.15) is 67.9 Å². The lowest BCUT2D eigenvalue weighted by Crippen LogP contribution is -2.23. The molecule has 0 fully saturated rings. The number of carbonyl (C=O) groups excluding carboxylic acids is 2. The first-order chi connectivity index (χ1) is 17.4. The van der Waals surface area contributed by atoms with Crippen LogP contribution in [0.25, 0.3) is 0 Å². The van der Waals surface area contributed by atoms with E-state index in [1.807, 2.05) is 36.4 Å². The van der Waals surface area contributed by atoms with Gasteiger partial charge in [0, 0.05) is 22.5 Å². The molecule has 0 saturated carbocycles. The molecule has 4 nitrogen and oxygen atoms in total. The lowest BCUT2D eigenvalue weighted by molar-refractivity contribution is 0.0980. The van der Waals surface area contributed by atoms with Crippen molar-refractivity contribution in [1.29, 1.82) is 0 Å². The van der Waals surface area contributed by atoms with Gasteiger partial charge in [0.2, 0.25) is 0 Å². The predicted octanol–water partition coefficient (Wildman–Crippen LogP) is 7.69. The van der Waals surface area contributed by atoms with Crippen molar-refractivity contribution in [1.82, 2.24) is 0 Å². The van der Waals surface area contributed by atoms with Gasteiger partial charge in [-0.2, -0.15) is 0 Å². The van der Waals surface area contributed by atoms with Crippen LogP contribution in [0.4, 0.5) is 22.7 Å². The molecule has 180 valence electrons. The van der Waals surface area contributed by atoms with E-state index in [0.717, 1.165) is 35.3 Å². The zero-order chi connectivity index (χ0) is 25.4. The Morgan fingerprint density at radius 1 is 0.528 bits per heavy atom. The summed E-state index contributed by atoms with van der Waals surface area (Å²) in [5.41, 5.74) is 9.61. The molecule has 0 radical (unpaired) electrons. The molecule has 4 aromatic rings. The first-order valence-electron chi connectivity index (χ1n) is 12.5. The summed E-state index contributed by atoms with van der Waals surface area (Å²) < 4.78 is 0. The summed E-state index contributed by atoms with van der Waals surface area (Å²) in [6.07, 6.45) is 1.84. The van der Waals surface area contributed by atoms with E-state index in [0.29, 0.717) is 33.6 Å². The maximum Gasteiger partial charge on any atom is 0.196 e. The SMILES string of the molecule is CCc1cccc(Nc2ccc(Nc3cccc(CC)c3C)c3c2C(=O)c2ccccc2C3=O)c1C. The molecule has 0 spiro atoms. The molecule has 4 aromatic carbocycles. The average Bonchev–Trinajstić information content (AvgIpc) is 2.90. The minimum Gasteiger partial charge on any atom is -0.355 e. The maximum absolute atomic E-state index is 13.8. The molecule has 0 bridgehead atoms. The highest BCUT2D eigenvalue weighted by molar-refractivity contribution is 6.32. The van der Waals surface area contributed by atoms with Gasteiger partial charge in [0.1, 0.15) is 0 Å². The third-order valence-corrected chi connectivity index (χ3v) is 7.27. The van der Waals surface area contributed by atoms with E-state index in [-0.39, 0.29) is 11.6 Å². The highest BCUT2D eigenvalue weighted by atomic mass is 16.1. The number of hydrogen-bond acceptors (Lipinski definition) is 4. The monoisotopic (exact) mass is 474 g/mol. The first kappa shape index (κ1) is 23.6. The van der Waals surface area contributed by atoms with Crippen LogP contribution in [0.5, 0.6) is 0 Å². The van der Waals surface area contributed by atoms with Crippen LogP contribution >= 0.6 is 0 Å². The largest absolute Gasteiger partial charge is 0.355 e. The Bertz CT molecular complexity index is 1400. The van der Waals surface area contributed by atoms with Gasteiger partial charge >= 0.3 is 0 Å². The van der Waals surface area contributed by atoms with Crippen LogP contribution in [0, 0.1) is 13.8 Å². The van der Waals surface area contributed by atoms with Crippen LogP contribution < -0.4 is 10.6 Å². The molecule has 1 aliphatic rings. The van der Waals surface area contributed by atoms with Gasteiger partial charge in [-0.1, -0.05) is 62.4 Å². The molecule has 0 heterocycles. The van der Waals surface area contributed by atoms with Gasteiger partial charge in [-0.15, -0.1) is 0 Å². The van der Waals surface area contributed by atoms with E-state index >= 15 is 0 Å². The topological polar surface area (TPSA) is 58.2 Å². The summed E-state index contributed by atoms with van der Waals surface area (Å²) in [4.78, 5) is 27.6. The van der Waals surface area contributed by atoms with Crippen LogP contribution in [0.2, 0.25) is 0 Å². The van der Waals surface area contributed by atoms with Crippen LogP contribution in [-0.2, 0) is 12.8 Å². The van der Waals surface area contributed by atoms with Crippen molar-refractivity contribution in [3.63, 3.8) is 0 Å². The quantitative estimate of drug-likeness (QED) is 0.265. The van der Waals surface area contributed by atoms with Crippen molar-refractivity contribution in [2.45, 2.75) is 40.5 Å². The summed E-state index contributed by atoms with van der Waals surface area (Å²) >= 11 is 0. The van der Waals surface area contributed by atoms with E-state index in [2.05, 4.69) is 50.5 Å². The second-order valence-corrected chi connectivity index (χ2v) is 9.25. The van der Waals surface area contributed by atoms with Gasteiger partial charge in [-0.05, 0) is 73.2 Å². The van der Waals surface area contributed by atoms with Crippen LogP contribution in [0.15, 0.2) is 72.8 Å². The number of hydrogen-bond donors (Lipinski definition) is 2. The van der Waals surface area contributed by atoms with Gasteiger partial charge in [-0.3, -0.25) is 9.59 Å². The molecule has 0 unspecified atom stereocenters. The van der Waals surface area contributed by atoms with Crippen molar-refractivity contribution >= 4 is 34.3 Å². The summed E-state index contributed by atoms with van der Waals surface area (Å²) in [7, 11) is 0. The lowest BCUT2D eigenvalue weighted by Gasteiger charge is -2.25. The second kappa shape index (κ2) is 9.46. The molecule has 4 heteroatoms. The number of anilines is 4. The fourth-order valence-electron chi connectivity index (χ4n) is 5.13. The summed E-state index contributed by atoms with van der Waals surface area (Å²) in [6.45, 7) is 8.41. The number of aryl methyl sites for hydroxylation is 2. The number of ketones is 2. The Morgan fingerprint density at radius 3 is 1.33 bits per heavy atom. The molecule has 2 N–H and O–H groups in total. The van der Waals surface area contributed by atoms with E-state index < -0.39 is 0 Å². The zero-order valence-corrected chi connectivity index (χ0v) is 21.2. The Kier molecular flexibility index (Phi) is 6.19. The molecule has 0 atom stereocenters. The fraction of sp³-hybridized carbons (Fsp3) is 0.188. The molecule has 0 saturated heterocycles. The minimum atomic E-state index is -0.144. The van der Waals surface area contributed by atoms with Crippen molar-refractivity contribution in [3.8, 4) is 0 Å². The number of carbonyl (C=O) groups is 2. The van der Waals surface area contributed by atoms with Crippen molar-refractivity contribution in [3.05, 3.63) is 117 Å². The van der Waals surface area contributed by atoms with E-state index in [1.165, 1.54) is 11.1 Å². The van der Waals surface area contributed by atoms with E-state index in [4.69, 9.17) is 0 Å². The molecule has 5 rings (SSSR count). The Labute approximate surface area is 212 Å². The summed E-state index contributed by atoms with van der Waals surface area (Å²) in [6, 6.07) is 23.2. The third kappa shape index (κ3) is 3.89.